The quantitative estimate of drug-likeness (QED) is 0.910. The molecule has 1 aliphatic carbocycles. The number of aliphatic hydroxyl groups is 1. The number of halogens is 3. The third-order valence-corrected chi connectivity index (χ3v) is 4.47. The summed E-state index contributed by atoms with van der Waals surface area (Å²) in [5.41, 5.74) is 0.665. The molecular formula is C12H17F3N2OS. The molecule has 1 aromatic heterocycles. The molecule has 19 heavy (non-hydrogen) atoms. The summed E-state index contributed by atoms with van der Waals surface area (Å²) >= 11 is 1.16. The number of fused-ring (bicyclic) bond motifs is 1. The molecule has 0 bridgehead atoms. The van der Waals surface area contributed by atoms with Gasteiger partial charge in [0.25, 0.3) is 0 Å². The molecule has 0 radical (unpaired) electrons. The number of thiazole rings is 1. The van der Waals surface area contributed by atoms with E-state index < -0.39 is 18.8 Å². The molecule has 0 fully saturated rings. The highest BCUT2D eigenvalue weighted by molar-refractivity contribution is 7.15. The van der Waals surface area contributed by atoms with Crippen LogP contribution >= 0.6 is 11.3 Å². The summed E-state index contributed by atoms with van der Waals surface area (Å²) in [7, 11) is 1.37. The van der Waals surface area contributed by atoms with Crippen molar-refractivity contribution in [1.82, 2.24) is 4.98 Å². The third-order valence-electron chi connectivity index (χ3n) is 3.15. The van der Waals surface area contributed by atoms with Crippen LogP contribution in [0.1, 0.15) is 36.9 Å². The van der Waals surface area contributed by atoms with Gasteiger partial charge in [-0.25, -0.2) is 4.98 Å². The van der Waals surface area contributed by atoms with Crippen molar-refractivity contribution in [1.29, 1.82) is 0 Å². The van der Waals surface area contributed by atoms with E-state index in [-0.39, 0.29) is 5.41 Å². The maximum absolute atomic E-state index is 12.4. The van der Waals surface area contributed by atoms with Gasteiger partial charge in [-0.05, 0) is 18.3 Å². The lowest BCUT2D eigenvalue weighted by Crippen LogP contribution is -2.30. The Morgan fingerprint density at radius 3 is 2.68 bits per heavy atom. The Morgan fingerprint density at radius 2 is 2.11 bits per heavy atom. The van der Waals surface area contributed by atoms with Gasteiger partial charge in [-0.2, -0.15) is 13.2 Å². The Kier molecular flexibility index (Phi) is 3.55. The maximum Gasteiger partial charge on any atom is 0.405 e. The molecule has 1 heterocycles. The smallest absolute Gasteiger partial charge is 0.387 e. The van der Waals surface area contributed by atoms with Gasteiger partial charge < -0.3 is 10.0 Å². The summed E-state index contributed by atoms with van der Waals surface area (Å²) in [5, 5.41) is 10.4. The third kappa shape index (κ3) is 3.39. The number of hydrogen-bond donors (Lipinski definition) is 1. The van der Waals surface area contributed by atoms with Crippen LogP contribution in [0.4, 0.5) is 18.3 Å². The summed E-state index contributed by atoms with van der Waals surface area (Å²) in [6.07, 6.45) is -3.57. The minimum atomic E-state index is -4.25. The number of anilines is 1. The molecule has 2 rings (SSSR count). The molecule has 0 saturated heterocycles. The lowest BCUT2D eigenvalue weighted by molar-refractivity contribution is -0.119. The van der Waals surface area contributed by atoms with Gasteiger partial charge in [-0.3, -0.25) is 0 Å². The first-order valence-electron chi connectivity index (χ1n) is 6.03. The van der Waals surface area contributed by atoms with Crippen LogP contribution in [0.15, 0.2) is 0 Å². The predicted molar refractivity (Wildman–Crippen MR) is 68.5 cm³/mol. The number of aliphatic hydroxyl groups excluding tert-OH is 1. The topological polar surface area (TPSA) is 36.4 Å². The number of nitrogens with zero attached hydrogens (tertiary/aromatic N) is 2. The molecule has 1 unspecified atom stereocenters. The number of rotatable bonds is 2. The van der Waals surface area contributed by atoms with Crippen LogP contribution in [0.2, 0.25) is 0 Å². The van der Waals surface area contributed by atoms with Crippen molar-refractivity contribution in [3.05, 3.63) is 10.6 Å². The van der Waals surface area contributed by atoms with Gasteiger partial charge in [-0.1, -0.05) is 25.2 Å². The monoisotopic (exact) mass is 294 g/mol. The van der Waals surface area contributed by atoms with E-state index in [9.17, 15) is 18.3 Å². The molecule has 3 nitrogen and oxygen atoms in total. The average Bonchev–Trinajstić information content (AvgIpc) is 2.56. The van der Waals surface area contributed by atoms with Crippen LogP contribution < -0.4 is 4.90 Å². The summed E-state index contributed by atoms with van der Waals surface area (Å²) in [4.78, 5) is 6.06. The summed E-state index contributed by atoms with van der Waals surface area (Å²) in [5.74, 6) is 0. The summed E-state index contributed by atoms with van der Waals surface area (Å²) < 4.78 is 37.1. The zero-order valence-electron chi connectivity index (χ0n) is 11.1. The van der Waals surface area contributed by atoms with Crippen LogP contribution in [-0.4, -0.2) is 29.9 Å². The molecule has 0 saturated carbocycles. The Morgan fingerprint density at radius 1 is 1.47 bits per heavy atom. The van der Waals surface area contributed by atoms with Crippen molar-refractivity contribution < 1.29 is 18.3 Å². The van der Waals surface area contributed by atoms with Crippen molar-refractivity contribution in [3.8, 4) is 0 Å². The highest BCUT2D eigenvalue weighted by atomic mass is 32.1. The highest BCUT2D eigenvalue weighted by Gasteiger charge is 2.36. The molecule has 108 valence electrons. The number of hydrogen-bond acceptors (Lipinski definition) is 4. The van der Waals surface area contributed by atoms with Crippen molar-refractivity contribution in [2.24, 2.45) is 5.41 Å². The molecular weight excluding hydrogens is 277 g/mol. The van der Waals surface area contributed by atoms with Gasteiger partial charge in [0.05, 0.1) is 16.7 Å². The van der Waals surface area contributed by atoms with Crippen LogP contribution in [0, 0.1) is 5.41 Å². The van der Waals surface area contributed by atoms with Gasteiger partial charge in [0.15, 0.2) is 5.13 Å². The molecule has 0 amide bonds. The van der Waals surface area contributed by atoms with Gasteiger partial charge in [0.2, 0.25) is 0 Å². The van der Waals surface area contributed by atoms with E-state index >= 15 is 0 Å². The maximum atomic E-state index is 12.4. The van der Waals surface area contributed by atoms with E-state index in [1.54, 1.807) is 0 Å². The highest BCUT2D eigenvalue weighted by Crippen LogP contribution is 2.44. The van der Waals surface area contributed by atoms with Crippen LogP contribution in [0.25, 0.3) is 0 Å². The minimum Gasteiger partial charge on any atom is -0.387 e. The Bertz CT molecular complexity index is 470. The van der Waals surface area contributed by atoms with Crippen molar-refractivity contribution >= 4 is 16.5 Å². The van der Waals surface area contributed by atoms with Gasteiger partial charge in [-0.15, -0.1) is 0 Å². The van der Waals surface area contributed by atoms with Crippen LogP contribution in [-0.2, 0) is 6.42 Å². The SMILES string of the molecule is CN(CC(F)(F)F)c1nc2c(s1)C(O)CC(C)(C)C2. The molecule has 0 spiro atoms. The largest absolute Gasteiger partial charge is 0.405 e. The van der Waals surface area contributed by atoms with Gasteiger partial charge >= 0.3 is 6.18 Å². The van der Waals surface area contributed by atoms with Gasteiger partial charge in [0, 0.05) is 7.05 Å². The Labute approximate surface area is 114 Å². The number of alkyl halides is 3. The lowest BCUT2D eigenvalue weighted by Gasteiger charge is -2.31. The van der Waals surface area contributed by atoms with Crippen LogP contribution in [0.3, 0.4) is 0 Å². The van der Waals surface area contributed by atoms with Gasteiger partial charge in [0.1, 0.15) is 6.54 Å². The Hall–Kier alpha value is -0.820. The summed E-state index contributed by atoms with van der Waals surface area (Å²) in [6.45, 7) is 3.02. The molecule has 1 aromatic rings. The van der Waals surface area contributed by atoms with E-state index in [0.29, 0.717) is 22.9 Å². The van der Waals surface area contributed by atoms with E-state index in [0.717, 1.165) is 21.9 Å². The molecule has 1 N–H and O–H groups in total. The zero-order valence-corrected chi connectivity index (χ0v) is 11.9. The second kappa shape index (κ2) is 4.63. The van der Waals surface area contributed by atoms with Crippen LogP contribution in [0.5, 0.6) is 0 Å². The molecule has 1 aliphatic rings. The fourth-order valence-corrected chi connectivity index (χ4v) is 3.41. The lowest BCUT2D eigenvalue weighted by atomic mass is 9.77. The van der Waals surface area contributed by atoms with E-state index in [1.165, 1.54) is 7.05 Å². The standard InChI is InChI=1S/C12H17F3N2OS/c1-11(2)4-7-9(8(18)5-11)19-10(16-7)17(3)6-12(13,14)15/h8,18H,4-6H2,1-3H3. The molecule has 7 heteroatoms. The second-order valence-electron chi connectivity index (χ2n) is 5.84. The first-order valence-corrected chi connectivity index (χ1v) is 6.85. The fraction of sp³-hybridized carbons (Fsp3) is 0.750. The van der Waals surface area contributed by atoms with Crippen molar-refractivity contribution in [2.75, 3.05) is 18.5 Å². The van der Waals surface area contributed by atoms with E-state index in [2.05, 4.69) is 4.98 Å². The second-order valence-corrected chi connectivity index (χ2v) is 6.85. The van der Waals surface area contributed by atoms with E-state index in [1.807, 2.05) is 13.8 Å². The summed E-state index contributed by atoms with van der Waals surface area (Å²) in [6, 6.07) is 0. The Balaban J connectivity index is 2.23. The number of aromatic nitrogens is 1. The average molecular weight is 294 g/mol. The molecule has 1 atom stereocenters. The first kappa shape index (κ1) is 14.6. The van der Waals surface area contributed by atoms with Crippen molar-refractivity contribution in [3.63, 3.8) is 0 Å². The molecule has 0 aromatic carbocycles. The van der Waals surface area contributed by atoms with Crippen molar-refractivity contribution in [2.45, 2.75) is 39.0 Å². The minimum absolute atomic E-state index is 0.0691. The first-order chi connectivity index (χ1) is 8.57. The molecule has 0 aliphatic heterocycles. The normalized spacial score (nSPS) is 22.2. The fourth-order valence-electron chi connectivity index (χ4n) is 2.38. The van der Waals surface area contributed by atoms with E-state index in [4.69, 9.17) is 0 Å². The zero-order chi connectivity index (χ0) is 14.4. The predicted octanol–water partition coefficient (Wildman–Crippen LogP) is 3.15.